The summed E-state index contributed by atoms with van der Waals surface area (Å²) >= 11 is 0. The van der Waals surface area contributed by atoms with Crippen LogP contribution in [0, 0.1) is 0 Å². The molecule has 1 saturated heterocycles. The highest BCUT2D eigenvalue weighted by Gasteiger charge is 2.38. The van der Waals surface area contributed by atoms with Crippen LogP contribution in [-0.4, -0.2) is 59.5 Å². The smallest absolute Gasteiger partial charge is 0.416 e. The fourth-order valence-electron chi connectivity index (χ4n) is 4.38. The van der Waals surface area contributed by atoms with Crippen LogP contribution < -0.4 is 9.47 Å². The van der Waals surface area contributed by atoms with Crippen molar-refractivity contribution in [2.45, 2.75) is 44.9 Å². The summed E-state index contributed by atoms with van der Waals surface area (Å²) in [6, 6.07) is 6.14. The lowest BCUT2D eigenvalue weighted by Gasteiger charge is -2.40. The zero-order valence-corrected chi connectivity index (χ0v) is 22.0. The molecule has 0 aromatic heterocycles. The number of methoxy groups -OCH3 is 1. The third-order valence-electron chi connectivity index (χ3n) is 6.24. The molecule has 1 amide bonds. The first kappa shape index (κ1) is 28.9. The summed E-state index contributed by atoms with van der Waals surface area (Å²) in [6.07, 6.45) is -9.95. The predicted molar refractivity (Wildman–Crippen MR) is 135 cm³/mol. The van der Waals surface area contributed by atoms with Crippen molar-refractivity contribution in [3.05, 3.63) is 58.7 Å². The number of benzene rings is 2. The van der Waals surface area contributed by atoms with E-state index in [-0.39, 0.29) is 35.6 Å². The molecule has 0 radical (unpaired) electrons. The third-order valence-corrected chi connectivity index (χ3v) is 8.11. The maximum atomic E-state index is 13.6. The van der Waals surface area contributed by atoms with Gasteiger partial charge in [-0.1, -0.05) is 6.07 Å². The molecule has 0 spiro atoms. The van der Waals surface area contributed by atoms with Crippen molar-refractivity contribution in [2.75, 3.05) is 26.1 Å². The number of amidine groups is 1. The molecule has 0 saturated carbocycles. The van der Waals surface area contributed by atoms with E-state index in [0.29, 0.717) is 35.8 Å². The molecule has 2 aliphatic rings. The van der Waals surface area contributed by atoms with Gasteiger partial charge in [-0.05, 0) is 43.5 Å². The van der Waals surface area contributed by atoms with Crippen LogP contribution in [0.5, 0.6) is 11.5 Å². The normalized spacial score (nSPS) is 22.3. The Labute approximate surface area is 223 Å². The second-order valence-electron chi connectivity index (χ2n) is 9.18. The van der Waals surface area contributed by atoms with E-state index < -0.39 is 46.1 Å². The monoisotopic (exact) mass is 576 g/mol. The topological polar surface area (TPSA) is 60.4 Å². The first-order valence-corrected chi connectivity index (χ1v) is 13.3. The second kappa shape index (κ2) is 11.2. The summed E-state index contributed by atoms with van der Waals surface area (Å²) in [4.78, 5) is 18.7. The fraction of sp³-hybridized carbons (Fsp3) is 0.423. The minimum Gasteiger partial charge on any atom is -0.497 e. The van der Waals surface area contributed by atoms with Gasteiger partial charge in [0.1, 0.15) is 18.1 Å². The lowest BCUT2D eigenvalue weighted by Crippen LogP contribution is -2.51. The summed E-state index contributed by atoms with van der Waals surface area (Å²) in [6.45, 7) is 4.23. The molecule has 13 heteroatoms. The third kappa shape index (κ3) is 6.57. The van der Waals surface area contributed by atoms with E-state index in [0.717, 1.165) is 6.07 Å². The number of carbonyl (C=O) groups excluding carboxylic acids is 1. The van der Waals surface area contributed by atoms with Gasteiger partial charge in [0.25, 0.3) is 5.91 Å². The lowest BCUT2D eigenvalue weighted by molar-refractivity contribution is -0.143. The van der Waals surface area contributed by atoms with Crippen LogP contribution >= 0.6 is 10.5 Å². The lowest BCUT2D eigenvalue weighted by atomic mass is 10.0. The number of rotatable bonds is 5. The van der Waals surface area contributed by atoms with Crippen molar-refractivity contribution in [3.63, 3.8) is 0 Å². The number of morpholine rings is 1. The minimum absolute atomic E-state index is 0.0196. The van der Waals surface area contributed by atoms with Gasteiger partial charge in [0.2, 0.25) is 0 Å². The van der Waals surface area contributed by atoms with E-state index in [1.54, 1.807) is 17.5 Å². The highest BCUT2D eigenvalue weighted by molar-refractivity contribution is 8.28. The fourth-order valence-corrected chi connectivity index (χ4v) is 6.38. The van der Waals surface area contributed by atoms with Gasteiger partial charge in [-0.25, -0.2) is 0 Å². The zero-order valence-electron chi connectivity index (χ0n) is 21.2. The molecular weight excluding hydrogens is 550 g/mol. The first-order valence-electron chi connectivity index (χ1n) is 11.9. The molecule has 0 N–H and O–H groups in total. The van der Waals surface area contributed by atoms with Crippen LogP contribution in [0.25, 0.3) is 0 Å². The summed E-state index contributed by atoms with van der Waals surface area (Å²) in [5.74, 6) is 0.359. The molecule has 6 nitrogen and oxygen atoms in total. The number of hydrogen-bond donors (Lipinski definition) is 0. The van der Waals surface area contributed by atoms with Crippen LogP contribution in [-0.2, 0) is 28.5 Å². The average molecular weight is 577 g/mol. The Kier molecular flexibility index (Phi) is 8.31. The number of alkyl halides is 6. The van der Waals surface area contributed by atoms with Gasteiger partial charge in [0, 0.05) is 17.2 Å². The van der Waals surface area contributed by atoms with Crippen molar-refractivity contribution in [1.29, 1.82) is 0 Å². The van der Waals surface area contributed by atoms with E-state index in [1.807, 2.05) is 13.8 Å². The number of nitrogens with zero attached hydrogens (tertiary/aromatic N) is 2. The van der Waals surface area contributed by atoms with E-state index in [4.69, 9.17) is 14.2 Å². The van der Waals surface area contributed by atoms with Crippen LogP contribution in [0.15, 0.2) is 41.4 Å². The van der Waals surface area contributed by atoms with Crippen LogP contribution in [0.4, 0.5) is 26.3 Å². The Hall–Kier alpha value is -3.06. The molecule has 2 aromatic carbocycles. The van der Waals surface area contributed by atoms with Crippen LogP contribution in [0.1, 0.15) is 36.1 Å². The summed E-state index contributed by atoms with van der Waals surface area (Å²) in [7, 11) is 0.643. The van der Waals surface area contributed by atoms with Gasteiger partial charge < -0.3 is 19.1 Å². The van der Waals surface area contributed by atoms with E-state index >= 15 is 0 Å². The SMILES string of the molecule is COc1ccc(/C=S2\CC(=O)N=C2N2C(C)COCC2C)c(OCc2ccc(C(F)(F)F)cc2C(F)(F)F)c1. The Morgan fingerprint density at radius 3 is 2.36 bits per heavy atom. The number of carbonyl (C=O) groups is 1. The van der Waals surface area contributed by atoms with Crippen molar-refractivity contribution < 1.29 is 45.3 Å². The first-order chi connectivity index (χ1) is 18.3. The number of halogens is 6. The average Bonchev–Trinajstić information content (AvgIpc) is 3.21. The molecular formula is C26H26F6N2O4S. The molecule has 4 rings (SSSR count). The molecule has 2 aromatic rings. The molecule has 0 aliphatic carbocycles. The second-order valence-corrected chi connectivity index (χ2v) is 10.9. The van der Waals surface area contributed by atoms with Crippen molar-refractivity contribution >= 4 is 26.9 Å². The summed E-state index contributed by atoms with van der Waals surface area (Å²) in [5, 5.41) is 2.39. The molecule has 1 fully saturated rings. The maximum Gasteiger partial charge on any atom is 0.416 e. The van der Waals surface area contributed by atoms with Crippen LogP contribution in [0.3, 0.4) is 0 Å². The standard InChI is InChI=1S/C26H26F6N2O4S/c1-15-10-37-11-16(2)34(15)24-33-23(35)14-39(24)13-18-5-7-20(36-3)9-22(18)38-12-17-4-6-19(25(27,28)29)8-21(17)26(30,31)32/h4-9,13,15-16H,10-12,14H2,1-3H3. The van der Waals surface area contributed by atoms with E-state index in [1.165, 1.54) is 13.2 Å². The molecule has 39 heavy (non-hydrogen) atoms. The molecule has 2 heterocycles. The molecule has 2 aliphatic heterocycles. The zero-order chi connectivity index (χ0) is 28.5. The minimum atomic E-state index is -5.02. The Morgan fingerprint density at radius 2 is 1.74 bits per heavy atom. The van der Waals surface area contributed by atoms with Crippen LogP contribution in [0.2, 0.25) is 0 Å². The highest BCUT2D eigenvalue weighted by atomic mass is 32.2. The Morgan fingerprint density at radius 1 is 1.05 bits per heavy atom. The molecule has 212 valence electrons. The summed E-state index contributed by atoms with van der Waals surface area (Å²) < 4.78 is 96.6. The van der Waals surface area contributed by atoms with Gasteiger partial charge in [-0.15, -0.1) is 10.5 Å². The van der Waals surface area contributed by atoms with Gasteiger partial charge in [-0.2, -0.15) is 31.3 Å². The number of amides is 1. The predicted octanol–water partition coefficient (Wildman–Crippen LogP) is 5.74. The molecule has 3 unspecified atom stereocenters. The quantitative estimate of drug-likeness (QED) is 0.336. The highest BCUT2D eigenvalue weighted by Crippen LogP contribution is 2.38. The van der Waals surface area contributed by atoms with Crippen molar-refractivity contribution in [1.82, 2.24) is 4.90 Å². The van der Waals surface area contributed by atoms with Gasteiger partial charge in [-0.3, -0.25) is 4.79 Å². The largest absolute Gasteiger partial charge is 0.497 e. The van der Waals surface area contributed by atoms with Crippen molar-refractivity contribution in [3.8, 4) is 11.5 Å². The number of aliphatic imine (C=N–C) groups is 1. The van der Waals surface area contributed by atoms with Crippen molar-refractivity contribution in [2.24, 2.45) is 4.99 Å². The van der Waals surface area contributed by atoms with E-state index in [9.17, 15) is 31.1 Å². The van der Waals surface area contributed by atoms with E-state index in [2.05, 4.69) is 9.89 Å². The van der Waals surface area contributed by atoms with Gasteiger partial charge in [0.15, 0.2) is 5.17 Å². The Bertz CT molecular complexity index is 1300. The summed E-state index contributed by atoms with van der Waals surface area (Å²) in [5.41, 5.74) is -2.81. The number of ether oxygens (including phenoxy) is 3. The Balaban J connectivity index is 1.68. The van der Waals surface area contributed by atoms with Gasteiger partial charge in [0.05, 0.1) is 49.3 Å². The number of hydrogen-bond acceptors (Lipinski definition) is 5. The van der Waals surface area contributed by atoms with Gasteiger partial charge >= 0.3 is 12.4 Å². The molecule has 0 bridgehead atoms. The molecule has 3 atom stereocenters. The maximum absolute atomic E-state index is 13.6.